The van der Waals surface area contributed by atoms with E-state index in [1.54, 1.807) is 0 Å². The monoisotopic (exact) mass is 241 g/mol. The summed E-state index contributed by atoms with van der Waals surface area (Å²) in [6, 6.07) is 6.10. The number of hydrogen-bond donors (Lipinski definition) is 2. The lowest BCUT2D eigenvalue weighted by Crippen LogP contribution is -2.44. The van der Waals surface area contributed by atoms with Gasteiger partial charge in [0.25, 0.3) is 0 Å². The highest BCUT2D eigenvalue weighted by Gasteiger charge is 2.33. The van der Waals surface area contributed by atoms with E-state index in [2.05, 4.69) is 22.0 Å². The van der Waals surface area contributed by atoms with Crippen LogP contribution in [0.25, 0.3) is 0 Å². The van der Waals surface area contributed by atoms with Gasteiger partial charge in [-0.1, -0.05) is 28.1 Å². The molecule has 0 radical (unpaired) electrons. The number of hydrogen-bond acceptors (Lipinski definition) is 2. The zero-order chi connectivity index (χ0) is 9.47. The quantitative estimate of drug-likeness (QED) is 0.778. The Morgan fingerprint density at radius 3 is 2.85 bits per heavy atom. The van der Waals surface area contributed by atoms with Crippen molar-refractivity contribution in [3.05, 3.63) is 33.8 Å². The molecule has 0 spiro atoms. The lowest BCUT2D eigenvalue weighted by Gasteiger charge is -2.19. The predicted octanol–water partition coefficient (Wildman–Crippen LogP) is 1.24. The van der Waals surface area contributed by atoms with E-state index in [0.29, 0.717) is 0 Å². The van der Waals surface area contributed by atoms with Crippen LogP contribution in [0.15, 0.2) is 22.7 Å². The Morgan fingerprint density at radius 1 is 1.46 bits per heavy atom. The molecule has 0 saturated heterocycles. The summed E-state index contributed by atoms with van der Waals surface area (Å²) in [6.45, 7) is 0.0497. The van der Waals surface area contributed by atoms with Gasteiger partial charge in [0.05, 0.1) is 6.61 Å². The standard InChI is InChI=1S/C10H12BrNO/c11-9-3-1-2-7-4-10(12,6-13)5-8(7)9/h1-3,13H,4-6,12H2. The zero-order valence-electron chi connectivity index (χ0n) is 7.26. The smallest absolute Gasteiger partial charge is 0.0617 e. The maximum absolute atomic E-state index is 9.15. The van der Waals surface area contributed by atoms with Gasteiger partial charge in [-0.25, -0.2) is 0 Å². The van der Waals surface area contributed by atoms with Crippen LogP contribution in [-0.2, 0) is 12.8 Å². The van der Waals surface area contributed by atoms with Gasteiger partial charge in [-0.15, -0.1) is 0 Å². The first-order valence-corrected chi connectivity index (χ1v) is 5.10. The molecule has 0 fully saturated rings. The van der Waals surface area contributed by atoms with Crippen molar-refractivity contribution in [1.82, 2.24) is 0 Å². The molecule has 0 bridgehead atoms. The number of benzene rings is 1. The van der Waals surface area contributed by atoms with E-state index >= 15 is 0 Å². The van der Waals surface area contributed by atoms with Gasteiger partial charge in [0, 0.05) is 10.0 Å². The van der Waals surface area contributed by atoms with E-state index in [1.807, 2.05) is 12.1 Å². The maximum atomic E-state index is 9.15. The van der Waals surface area contributed by atoms with Gasteiger partial charge in [-0.2, -0.15) is 0 Å². The summed E-state index contributed by atoms with van der Waals surface area (Å²) in [5.74, 6) is 0. The SMILES string of the molecule is NC1(CO)Cc2cccc(Br)c2C1. The summed E-state index contributed by atoms with van der Waals surface area (Å²) in [7, 11) is 0. The minimum atomic E-state index is -0.438. The van der Waals surface area contributed by atoms with Crippen molar-refractivity contribution in [1.29, 1.82) is 0 Å². The van der Waals surface area contributed by atoms with Crippen LogP contribution in [0.1, 0.15) is 11.1 Å². The van der Waals surface area contributed by atoms with Gasteiger partial charge < -0.3 is 10.8 Å². The van der Waals surface area contributed by atoms with E-state index in [4.69, 9.17) is 10.8 Å². The van der Waals surface area contributed by atoms with E-state index < -0.39 is 5.54 Å². The van der Waals surface area contributed by atoms with Gasteiger partial charge in [-0.3, -0.25) is 0 Å². The molecular formula is C10H12BrNO. The lowest BCUT2D eigenvalue weighted by molar-refractivity contribution is 0.202. The molecule has 3 heteroatoms. The van der Waals surface area contributed by atoms with Crippen LogP contribution in [0.3, 0.4) is 0 Å². The average molecular weight is 242 g/mol. The third-order valence-electron chi connectivity index (χ3n) is 2.60. The molecule has 1 aliphatic carbocycles. The van der Waals surface area contributed by atoms with Crippen LogP contribution < -0.4 is 5.73 Å². The number of aliphatic hydroxyl groups excluding tert-OH is 1. The van der Waals surface area contributed by atoms with Crippen LogP contribution in [0.4, 0.5) is 0 Å². The van der Waals surface area contributed by atoms with Gasteiger partial charge in [0.1, 0.15) is 0 Å². The van der Waals surface area contributed by atoms with Crippen LogP contribution in [0, 0.1) is 0 Å². The van der Waals surface area contributed by atoms with Crippen molar-refractivity contribution in [2.75, 3.05) is 6.61 Å². The normalized spacial score (nSPS) is 26.1. The van der Waals surface area contributed by atoms with Gasteiger partial charge in [0.15, 0.2) is 0 Å². The summed E-state index contributed by atoms with van der Waals surface area (Å²) >= 11 is 3.49. The summed E-state index contributed by atoms with van der Waals surface area (Å²) in [4.78, 5) is 0. The van der Waals surface area contributed by atoms with Crippen LogP contribution >= 0.6 is 15.9 Å². The Bertz CT molecular complexity index is 340. The van der Waals surface area contributed by atoms with Crippen molar-refractivity contribution < 1.29 is 5.11 Å². The molecule has 1 unspecified atom stereocenters. The molecular weight excluding hydrogens is 230 g/mol. The molecule has 1 aromatic rings. The molecule has 70 valence electrons. The molecule has 1 aromatic carbocycles. The number of fused-ring (bicyclic) bond motifs is 1. The Balaban J connectivity index is 2.40. The Labute approximate surface area is 85.9 Å². The highest BCUT2D eigenvalue weighted by atomic mass is 79.9. The Hall–Kier alpha value is -0.380. The van der Waals surface area contributed by atoms with E-state index in [-0.39, 0.29) is 6.61 Å². The molecule has 2 rings (SSSR count). The predicted molar refractivity (Wildman–Crippen MR) is 55.6 cm³/mol. The first kappa shape index (κ1) is 9.19. The van der Waals surface area contributed by atoms with Crippen molar-refractivity contribution in [3.8, 4) is 0 Å². The summed E-state index contributed by atoms with van der Waals surface area (Å²) in [5.41, 5.74) is 8.07. The fourth-order valence-corrected chi connectivity index (χ4v) is 2.42. The van der Waals surface area contributed by atoms with E-state index in [9.17, 15) is 0 Å². The maximum Gasteiger partial charge on any atom is 0.0617 e. The largest absolute Gasteiger partial charge is 0.394 e. The minimum Gasteiger partial charge on any atom is -0.394 e. The molecule has 0 aliphatic heterocycles. The zero-order valence-corrected chi connectivity index (χ0v) is 8.84. The fourth-order valence-electron chi connectivity index (χ4n) is 1.87. The number of nitrogens with two attached hydrogens (primary N) is 1. The third-order valence-corrected chi connectivity index (χ3v) is 3.35. The molecule has 13 heavy (non-hydrogen) atoms. The second kappa shape index (κ2) is 3.08. The van der Waals surface area contributed by atoms with Crippen LogP contribution in [-0.4, -0.2) is 17.3 Å². The second-order valence-electron chi connectivity index (χ2n) is 3.75. The van der Waals surface area contributed by atoms with Crippen molar-refractivity contribution in [3.63, 3.8) is 0 Å². The van der Waals surface area contributed by atoms with Gasteiger partial charge in [0.2, 0.25) is 0 Å². The van der Waals surface area contributed by atoms with Crippen molar-refractivity contribution >= 4 is 15.9 Å². The molecule has 2 nitrogen and oxygen atoms in total. The summed E-state index contributed by atoms with van der Waals surface area (Å²) in [6.07, 6.45) is 1.54. The number of halogens is 1. The van der Waals surface area contributed by atoms with E-state index in [1.165, 1.54) is 11.1 Å². The summed E-state index contributed by atoms with van der Waals surface area (Å²) in [5, 5.41) is 9.15. The van der Waals surface area contributed by atoms with Crippen molar-refractivity contribution in [2.45, 2.75) is 18.4 Å². The molecule has 0 heterocycles. The average Bonchev–Trinajstić information content (AvgIpc) is 2.45. The van der Waals surface area contributed by atoms with Crippen molar-refractivity contribution in [2.24, 2.45) is 5.73 Å². The number of rotatable bonds is 1. The fraction of sp³-hybridized carbons (Fsp3) is 0.400. The second-order valence-corrected chi connectivity index (χ2v) is 4.61. The topological polar surface area (TPSA) is 46.2 Å². The number of aliphatic hydroxyl groups is 1. The molecule has 0 amide bonds. The molecule has 3 N–H and O–H groups in total. The highest BCUT2D eigenvalue weighted by molar-refractivity contribution is 9.10. The molecule has 0 saturated carbocycles. The lowest BCUT2D eigenvalue weighted by atomic mass is 9.99. The minimum absolute atomic E-state index is 0.0497. The molecule has 1 aliphatic rings. The van der Waals surface area contributed by atoms with E-state index in [0.717, 1.165) is 17.3 Å². The third kappa shape index (κ3) is 1.52. The Morgan fingerprint density at radius 2 is 2.23 bits per heavy atom. The first-order valence-electron chi connectivity index (χ1n) is 4.31. The van der Waals surface area contributed by atoms with Gasteiger partial charge in [-0.05, 0) is 30.0 Å². The highest BCUT2D eigenvalue weighted by Crippen LogP contribution is 2.33. The molecule has 1 atom stereocenters. The molecule has 0 aromatic heterocycles. The Kier molecular flexibility index (Phi) is 2.18. The van der Waals surface area contributed by atoms with Crippen LogP contribution in [0.5, 0.6) is 0 Å². The summed E-state index contributed by atoms with van der Waals surface area (Å²) < 4.78 is 1.10. The van der Waals surface area contributed by atoms with Gasteiger partial charge >= 0.3 is 0 Å². The first-order chi connectivity index (χ1) is 6.14. The van der Waals surface area contributed by atoms with Crippen LogP contribution in [0.2, 0.25) is 0 Å².